The molecule has 1 aromatic carbocycles. The van der Waals surface area contributed by atoms with E-state index in [0.717, 1.165) is 15.6 Å². The number of hydrogen-bond donors (Lipinski definition) is 2. The van der Waals surface area contributed by atoms with Gasteiger partial charge in [-0.05, 0) is 11.6 Å². The highest BCUT2D eigenvalue weighted by Crippen LogP contribution is 2.43. The molecule has 2 aromatic rings. The van der Waals surface area contributed by atoms with Crippen LogP contribution in [0.2, 0.25) is 5.02 Å². The molecular formula is C13H12ClN3OS. The number of fused-ring (bicyclic) bond motifs is 1. The van der Waals surface area contributed by atoms with E-state index >= 15 is 0 Å². The Kier molecular flexibility index (Phi) is 3.16. The fourth-order valence-electron chi connectivity index (χ4n) is 2.23. The van der Waals surface area contributed by atoms with Crippen LogP contribution < -0.4 is 10.6 Å². The predicted octanol–water partition coefficient (Wildman–Crippen LogP) is 3.31. The zero-order valence-corrected chi connectivity index (χ0v) is 11.8. The number of hydrogen-bond acceptors (Lipinski definition) is 4. The van der Waals surface area contributed by atoms with Crippen LogP contribution in [0.3, 0.4) is 0 Å². The van der Waals surface area contributed by atoms with Crippen molar-refractivity contribution in [2.24, 2.45) is 0 Å². The molecule has 1 atom stereocenters. The fraction of sp³-hybridized carbons (Fsp3) is 0.231. The second-order valence-electron chi connectivity index (χ2n) is 4.31. The number of rotatable bonds is 2. The minimum absolute atomic E-state index is 0.0166. The lowest BCUT2D eigenvalue weighted by atomic mass is 9.91. The molecular weight excluding hydrogens is 282 g/mol. The molecule has 6 heteroatoms. The van der Waals surface area contributed by atoms with E-state index in [4.69, 9.17) is 11.6 Å². The van der Waals surface area contributed by atoms with Crippen molar-refractivity contribution in [2.75, 3.05) is 17.7 Å². The first-order valence-corrected chi connectivity index (χ1v) is 7.11. The third-order valence-electron chi connectivity index (χ3n) is 3.11. The first-order chi connectivity index (χ1) is 9.19. The molecule has 2 heterocycles. The summed E-state index contributed by atoms with van der Waals surface area (Å²) in [6, 6.07) is 7.64. The maximum Gasteiger partial charge on any atom is 0.226 e. The highest BCUT2D eigenvalue weighted by molar-refractivity contribution is 7.16. The third-order valence-corrected chi connectivity index (χ3v) is 4.64. The average Bonchev–Trinajstić information content (AvgIpc) is 2.81. The molecule has 0 saturated heterocycles. The van der Waals surface area contributed by atoms with Gasteiger partial charge in [0.05, 0.1) is 4.88 Å². The summed E-state index contributed by atoms with van der Waals surface area (Å²) in [6.45, 7) is 0. The Morgan fingerprint density at radius 1 is 1.47 bits per heavy atom. The summed E-state index contributed by atoms with van der Waals surface area (Å²) in [6.07, 6.45) is 0.405. The second-order valence-corrected chi connectivity index (χ2v) is 5.75. The number of thiazole rings is 1. The molecule has 0 fully saturated rings. The molecule has 1 aliphatic heterocycles. The molecule has 1 aliphatic rings. The number of aromatic nitrogens is 1. The van der Waals surface area contributed by atoms with Gasteiger partial charge in [-0.3, -0.25) is 4.79 Å². The zero-order valence-electron chi connectivity index (χ0n) is 10.2. The average molecular weight is 294 g/mol. The van der Waals surface area contributed by atoms with Crippen LogP contribution in [0, 0.1) is 0 Å². The van der Waals surface area contributed by atoms with Crippen LogP contribution in [-0.4, -0.2) is 17.9 Å². The number of nitrogens with zero attached hydrogens (tertiary/aromatic N) is 1. The van der Waals surface area contributed by atoms with Gasteiger partial charge in [0, 0.05) is 24.4 Å². The van der Waals surface area contributed by atoms with Crippen LogP contribution in [-0.2, 0) is 4.79 Å². The summed E-state index contributed by atoms with van der Waals surface area (Å²) in [5.41, 5.74) is 0.978. The smallest absolute Gasteiger partial charge is 0.226 e. The Bertz CT molecular complexity index is 641. The van der Waals surface area contributed by atoms with Crippen molar-refractivity contribution in [3.05, 3.63) is 39.7 Å². The monoisotopic (exact) mass is 293 g/mol. The molecule has 1 aromatic heterocycles. The topological polar surface area (TPSA) is 54.0 Å². The first-order valence-electron chi connectivity index (χ1n) is 5.92. The molecule has 0 radical (unpaired) electrons. The van der Waals surface area contributed by atoms with Crippen molar-refractivity contribution in [3.8, 4) is 0 Å². The van der Waals surface area contributed by atoms with E-state index in [-0.39, 0.29) is 11.8 Å². The zero-order chi connectivity index (χ0) is 13.4. The van der Waals surface area contributed by atoms with Gasteiger partial charge in [0.2, 0.25) is 5.91 Å². The van der Waals surface area contributed by atoms with Crippen molar-refractivity contribution in [3.63, 3.8) is 0 Å². The van der Waals surface area contributed by atoms with Crippen molar-refractivity contribution in [1.82, 2.24) is 4.98 Å². The van der Waals surface area contributed by atoms with E-state index in [0.29, 0.717) is 17.3 Å². The van der Waals surface area contributed by atoms with Crippen molar-refractivity contribution < 1.29 is 4.79 Å². The molecule has 1 amide bonds. The lowest BCUT2D eigenvalue weighted by Crippen LogP contribution is -2.22. The van der Waals surface area contributed by atoms with E-state index < -0.39 is 0 Å². The van der Waals surface area contributed by atoms with Crippen molar-refractivity contribution >= 4 is 39.8 Å². The standard InChI is InChI=1S/C13H12ClN3OS/c1-15-13-17-12-11(19-13)8(6-10(18)16-12)7-4-2-3-5-9(7)14/h2-5,8H,6H2,1H3,(H,15,17)(H,16,18)/t8-/m0/s1. The van der Waals surface area contributed by atoms with Crippen LogP contribution >= 0.6 is 22.9 Å². The number of nitrogens with one attached hydrogen (secondary N) is 2. The highest BCUT2D eigenvalue weighted by Gasteiger charge is 2.31. The van der Waals surface area contributed by atoms with Gasteiger partial charge in [0.15, 0.2) is 5.13 Å². The maximum absolute atomic E-state index is 11.8. The van der Waals surface area contributed by atoms with E-state index in [1.165, 1.54) is 0 Å². The Morgan fingerprint density at radius 2 is 2.26 bits per heavy atom. The molecule has 0 saturated carbocycles. The number of halogens is 1. The number of benzene rings is 1. The van der Waals surface area contributed by atoms with Gasteiger partial charge in [-0.2, -0.15) is 0 Å². The number of carbonyl (C=O) groups is 1. The van der Waals surface area contributed by atoms with Gasteiger partial charge in [-0.1, -0.05) is 41.1 Å². The molecule has 0 spiro atoms. The summed E-state index contributed by atoms with van der Waals surface area (Å²) in [5, 5.41) is 7.30. The number of anilines is 2. The van der Waals surface area contributed by atoms with Gasteiger partial charge in [-0.25, -0.2) is 4.98 Å². The first kappa shape index (κ1) is 12.4. The van der Waals surface area contributed by atoms with Crippen LogP contribution in [0.4, 0.5) is 10.9 Å². The van der Waals surface area contributed by atoms with E-state index in [9.17, 15) is 4.79 Å². The molecule has 0 aliphatic carbocycles. The van der Waals surface area contributed by atoms with Gasteiger partial charge >= 0.3 is 0 Å². The third kappa shape index (κ3) is 2.19. The van der Waals surface area contributed by atoms with E-state index in [1.54, 1.807) is 11.3 Å². The Morgan fingerprint density at radius 3 is 3.00 bits per heavy atom. The fourth-order valence-corrected chi connectivity index (χ4v) is 3.50. The minimum atomic E-state index is -0.0228. The Labute approximate surface area is 119 Å². The van der Waals surface area contributed by atoms with Crippen LogP contribution in [0.25, 0.3) is 0 Å². The quantitative estimate of drug-likeness (QED) is 0.893. The van der Waals surface area contributed by atoms with Gasteiger partial charge in [0.25, 0.3) is 0 Å². The van der Waals surface area contributed by atoms with Gasteiger partial charge in [-0.15, -0.1) is 0 Å². The summed E-state index contributed by atoms with van der Waals surface area (Å²) in [5.74, 6) is 0.609. The summed E-state index contributed by atoms with van der Waals surface area (Å²) >= 11 is 7.80. The lowest BCUT2D eigenvalue weighted by molar-refractivity contribution is -0.116. The lowest BCUT2D eigenvalue weighted by Gasteiger charge is -2.22. The molecule has 19 heavy (non-hydrogen) atoms. The molecule has 0 bridgehead atoms. The van der Waals surface area contributed by atoms with Crippen LogP contribution in [0.15, 0.2) is 24.3 Å². The predicted molar refractivity (Wildman–Crippen MR) is 78.2 cm³/mol. The Hall–Kier alpha value is -1.59. The number of carbonyl (C=O) groups excluding carboxylic acids is 1. The van der Waals surface area contributed by atoms with E-state index in [1.807, 2.05) is 31.3 Å². The van der Waals surface area contributed by atoms with Gasteiger partial charge < -0.3 is 10.6 Å². The van der Waals surface area contributed by atoms with E-state index in [2.05, 4.69) is 15.6 Å². The van der Waals surface area contributed by atoms with Crippen LogP contribution in [0.1, 0.15) is 22.8 Å². The molecule has 0 unspecified atom stereocenters. The highest BCUT2D eigenvalue weighted by atomic mass is 35.5. The molecule has 3 rings (SSSR count). The van der Waals surface area contributed by atoms with Crippen molar-refractivity contribution in [1.29, 1.82) is 0 Å². The maximum atomic E-state index is 11.8. The minimum Gasteiger partial charge on any atom is -0.365 e. The molecule has 2 N–H and O–H groups in total. The second kappa shape index (κ2) is 4.83. The summed E-state index contributed by atoms with van der Waals surface area (Å²) in [4.78, 5) is 17.2. The van der Waals surface area contributed by atoms with Gasteiger partial charge in [0.1, 0.15) is 5.82 Å². The number of amides is 1. The SMILES string of the molecule is CNc1nc2c(s1)[C@H](c1ccccc1Cl)CC(=O)N2. The summed E-state index contributed by atoms with van der Waals surface area (Å²) in [7, 11) is 1.82. The van der Waals surface area contributed by atoms with Crippen molar-refractivity contribution in [2.45, 2.75) is 12.3 Å². The normalized spacial score (nSPS) is 17.8. The summed E-state index contributed by atoms with van der Waals surface area (Å²) < 4.78 is 0. The molecule has 4 nitrogen and oxygen atoms in total. The van der Waals surface area contributed by atoms with Crippen LogP contribution in [0.5, 0.6) is 0 Å². The Balaban J connectivity index is 2.10. The largest absolute Gasteiger partial charge is 0.365 e. The molecule has 98 valence electrons.